The number of hydrogen-bond donors (Lipinski definition) is 1. The van der Waals surface area contributed by atoms with Crippen LogP contribution in [0, 0.1) is 17.6 Å². The molecule has 1 N–H and O–H groups in total. The van der Waals surface area contributed by atoms with Gasteiger partial charge in [-0.25, -0.2) is 8.78 Å². The van der Waals surface area contributed by atoms with Gasteiger partial charge in [0.2, 0.25) is 0 Å². The van der Waals surface area contributed by atoms with Crippen molar-refractivity contribution in [3.8, 4) is 0 Å². The van der Waals surface area contributed by atoms with E-state index in [0.717, 1.165) is 39.0 Å². The second kappa shape index (κ2) is 7.70. The topological polar surface area (TPSA) is 15.3 Å². The Hall–Kier alpha value is -1.00. The van der Waals surface area contributed by atoms with Crippen molar-refractivity contribution in [3.63, 3.8) is 0 Å². The van der Waals surface area contributed by atoms with E-state index in [1.54, 1.807) is 0 Å². The summed E-state index contributed by atoms with van der Waals surface area (Å²) in [5.74, 6) is -0.280. The number of halogens is 2. The first-order chi connectivity index (χ1) is 9.70. The van der Waals surface area contributed by atoms with Crippen LogP contribution in [-0.2, 0) is 6.54 Å². The maximum atomic E-state index is 13.7. The fraction of sp³-hybridized carbons (Fsp3) is 0.625. The molecule has 2 rings (SSSR count). The third-order valence-electron chi connectivity index (χ3n) is 3.91. The summed E-state index contributed by atoms with van der Waals surface area (Å²) in [4.78, 5) is 2.17. The molecule has 1 aromatic carbocycles. The molecule has 1 fully saturated rings. The van der Waals surface area contributed by atoms with Gasteiger partial charge < -0.3 is 5.32 Å². The first kappa shape index (κ1) is 15.4. The van der Waals surface area contributed by atoms with Gasteiger partial charge in [-0.3, -0.25) is 4.90 Å². The van der Waals surface area contributed by atoms with Crippen LogP contribution in [0.15, 0.2) is 18.2 Å². The number of nitrogens with one attached hydrogen (secondary N) is 1. The van der Waals surface area contributed by atoms with Crippen LogP contribution in [0.25, 0.3) is 0 Å². The predicted octanol–water partition coefficient (Wildman–Crippen LogP) is 3.18. The molecule has 112 valence electrons. The molecule has 1 saturated heterocycles. The zero-order chi connectivity index (χ0) is 14.4. The van der Waals surface area contributed by atoms with E-state index < -0.39 is 11.6 Å². The first-order valence-corrected chi connectivity index (χ1v) is 7.56. The molecule has 1 aliphatic heterocycles. The van der Waals surface area contributed by atoms with Crippen LogP contribution in [0.4, 0.5) is 8.78 Å². The van der Waals surface area contributed by atoms with E-state index in [4.69, 9.17) is 0 Å². The second-order valence-electron chi connectivity index (χ2n) is 5.65. The SMILES string of the molecule is CCCNCC1CCCN(Cc2c(F)cccc2F)C1. The predicted molar refractivity (Wildman–Crippen MR) is 77.5 cm³/mol. The van der Waals surface area contributed by atoms with Crippen molar-refractivity contribution in [2.24, 2.45) is 5.92 Å². The van der Waals surface area contributed by atoms with E-state index in [1.165, 1.54) is 24.6 Å². The van der Waals surface area contributed by atoms with Gasteiger partial charge in [0, 0.05) is 18.7 Å². The quantitative estimate of drug-likeness (QED) is 0.806. The van der Waals surface area contributed by atoms with Crippen molar-refractivity contribution in [2.75, 3.05) is 26.2 Å². The Morgan fingerprint density at radius 2 is 2.05 bits per heavy atom. The number of benzene rings is 1. The van der Waals surface area contributed by atoms with Gasteiger partial charge in [0.25, 0.3) is 0 Å². The van der Waals surface area contributed by atoms with Crippen molar-refractivity contribution in [1.29, 1.82) is 0 Å². The highest BCUT2D eigenvalue weighted by Crippen LogP contribution is 2.20. The molecule has 0 spiro atoms. The summed E-state index contributed by atoms with van der Waals surface area (Å²) in [5, 5.41) is 3.44. The van der Waals surface area contributed by atoms with E-state index in [9.17, 15) is 8.78 Å². The highest BCUT2D eigenvalue weighted by Gasteiger charge is 2.21. The summed E-state index contributed by atoms with van der Waals surface area (Å²) in [7, 11) is 0. The van der Waals surface area contributed by atoms with E-state index in [2.05, 4.69) is 17.1 Å². The van der Waals surface area contributed by atoms with E-state index in [1.807, 2.05) is 0 Å². The Bertz CT molecular complexity index is 403. The molecule has 0 saturated carbocycles. The Morgan fingerprint density at radius 1 is 1.30 bits per heavy atom. The van der Waals surface area contributed by atoms with Gasteiger partial charge in [-0.1, -0.05) is 13.0 Å². The molecular formula is C16H24F2N2. The summed E-state index contributed by atoms with van der Waals surface area (Å²) in [6.07, 6.45) is 3.44. The van der Waals surface area contributed by atoms with Gasteiger partial charge in [0.05, 0.1) is 0 Å². The number of hydrogen-bond acceptors (Lipinski definition) is 2. The normalized spacial score (nSPS) is 20.2. The monoisotopic (exact) mass is 282 g/mol. The van der Waals surface area contributed by atoms with Crippen LogP contribution >= 0.6 is 0 Å². The summed E-state index contributed by atoms with van der Waals surface area (Å²) < 4.78 is 27.3. The molecule has 20 heavy (non-hydrogen) atoms. The number of nitrogens with zero attached hydrogens (tertiary/aromatic N) is 1. The zero-order valence-corrected chi connectivity index (χ0v) is 12.2. The minimum absolute atomic E-state index is 0.203. The fourth-order valence-electron chi connectivity index (χ4n) is 2.85. The molecule has 2 nitrogen and oxygen atoms in total. The molecule has 1 unspecified atom stereocenters. The second-order valence-corrected chi connectivity index (χ2v) is 5.65. The average Bonchev–Trinajstić information content (AvgIpc) is 2.44. The third kappa shape index (κ3) is 4.25. The lowest BCUT2D eigenvalue weighted by Gasteiger charge is -2.33. The smallest absolute Gasteiger partial charge is 0.130 e. The molecule has 0 aliphatic carbocycles. The van der Waals surface area contributed by atoms with Crippen molar-refractivity contribution in [1.82, 2.24) is 10.2 Å². The molecule has 0 bridgehead atoms. The van der Waals surface area contributed by atoms with Crippen LogP contribution in [0.2, 0.25) is 0 Å². The number of piperidine rings is 1. The molecule has 0 radical (unpaired) electrons. The Balaban J connectivity index is 1.89. The van der Waals surface area contributed by atoms with Gasteiger partial charge >= 0.3 is 0 Å². The minimum Gasteiger partial charge on any atom is -0.316 e. The Morgan fingerprint density at radius 3 is 2.75 bits per heavy atom. The molecule has 1 aromatic rings. The molecule has 1 heterocycles. The maximum absolute atomic E-state index is 13.7. The lowest BCUT2D eigenvalue weighted by molar-refractivity contribution is 0.162. The maximum Gasteiger partial charge on any atom is 0.130 e. The van der Waals surface area contributed by atoms with Crippen LogP contribution in [-0.4, -0.2) is 31.1 Å². The van der Waals surface area contributed by atoms with Crippen LogP contribution in [0.5, 0.6) is 0 Å². The molecule has 1 aliphatic rings. The summed E-state index contributed by atoms with van der Waals surface area (Å²) >= 11 is 0. The summed E-state index contributed by atoms with van der Waals surface area (Å²) in [6, 6.07) is 4.09. The van der Waals surface area contributed by atoms with Crippen LogP contribution in [0.3, 0.4) is 0 Å². The van der Waals surface area contributed by atoms with Gasteiger partial charge in [-0.2, -0.15) is 0 Å². The van der Waals surface area contributed by atoms with Crippen LogP contribution in [0.1, 0.15) is 31.7 Å². The Kier molecular flexibility index (Phi) is 5.92. The van der Waals surface area contributed by atoms with E-state index >= 15 is 0 Å². The fourth-order valence-corrected chi connectivity index (χ4v) is 2.85. The first-order valence-electron chi connectivity index (χ1n) is 7.56. The Labute approximate surface area is 120 Å². The zero-order valence-electron chi connectivity index (χ0n) is 12.2. The van der Waals surface area contributed by atoms with Gasteiger partial charge in [0.15, 0.2) is 0 Å². The average molecular weight is 282 g/mol. The van der Waals surface area contributed by atoms with Gasteiger partial charge in [-0.15, -0.1) is 0 Å². The summed E-state index contributed by atoms with van der Waals surface area (Å²) in [6.45, 7) is 6.43. The lowest BCUT2D eigenvalue weighted by atomic mass is 9.97. The number of rotatable bonds is 6. The minimum atomic E-state index is -0.434. The molecule has 4 heteroatoms. The van der Waals surface area contributed by atoms with Crippen molar-refractivity contribution < 1.29 is 8.78 Å². The van der Waals surface area contributed by atoms with Gasteiger partial charge in [0.1, 0.15) is 11.6 Å². The molecular weight excluding hydrogens is 258 g/mol. The van der Waals surface area contributed by atoms with Crippen LogP contribution < -0.4 is 5.32 Å². The van der Waals surface area contributed by atoms with Crippen molar-refractivity contribution >= 4 is 0 Å². The summed E-state index contributed by atoms with van der Waals surface area (Å²) in [5.41, 5.74) is 0.203. The lowest BCUT2D eigenvalue weighted by Crippen LogP contribution is -2.39. The van der Waals surface area contributed by atoms with Crippen molar-refractivity contribution in [3.05, 3.63) is 35.4 Å². The van der Waals surface area contributed by atoms with Gasteiger partial charge in [-0.05, 0) is 56.9 Å². The van der Waals surface area contributed by atoms with Crippen molar-refractivity contribution in [2.45, 2.75) is 32.7 Å². The largest absolute Gasteiger partial charge is 0.316 e. The molecule has 0 amide bonds. The highest BCUT2D eigenvalue weighted by atomic mass is 19.1. The molecule has 1 atom stereocenters. The van der Waals surface area contributed by atoms with E-state index in [-0.39, 0.29) is 5.56 Å². The standard InChI is InChI=1S/C16H24F2N2/c1-2-8-19-10-13-5-4-9-20(11-13)12-14-15(17)6-3-7-16(14)18/h3,6-7,13,19H,2,4-5,8-12H2,1H3. The molecule has 0 aromatic heterocycles. The number of likely N-dealkylation sites (tertiary alicyclic amines) is 1. The van der Waals surface area contributed by atoms with E-state index in [0.29, 0.717) is 12.5 Å². The third-order valence-corrected chi connectivity index (χ3v) is 3.91. The highest BCUT2D eigenvalue weighted by molar-refractivity contribution is 5.19.